The number of para-hydroxylation sites is 2. The molecule has 0 radical (unpaired) electrons. The van der Waals surface area contributed by atoms with Gasteiger partial charge in [0.05, 0.1) is 17.0 Å². The number of carbonyl (C=O) groups is 1. The maximum atomic E-state index is 12.9. The molecule has 0 bridgehead atoms. The van der Waals surface area contributed by atoms with Gasteiger partial charge in [0.1, 0.15) is 5.82 Å². The number of hydrogen-bond acceptors (Lipinski definition) is 4. The Morgan fingerprint density at radius 1 is 1.07 bits per heavy atom. The lowest BCUT2D eigenvalue weighted by Gasteiger charge is -2.39. The van der Waals surface area contributed by atoms with Crippen LogP contribution in [0, 0.1) is 5.92 Å². The smallest absolute Gasteiger partial charge is 0.228 e. The van der Waals surface area contributed by atoms with Crippen molar-refractivity contribution >= 4 is 22.6 Å². The molecule has 2 aromatic carbocycles. The van der Waals surface area contributed by atoms with Crippen LogP contribution in [0.4, 0.5) is 5.69 Å². The van der Waals surface area contributed by atoms with E-state index in [2.05, 4.69) is 20.2 Å². The highest BCUT2D eigenvalue weighted by Crippen LogP contribution is 2.25. The zero-order valence-corrected chi connectivity index (χ0v) is 17.1. The molecule has 1 unspecified atom stereocenters. The van der Waals surface area contributed by atoms with Crippen LogP contribution in [-0.4, -0.2) is 53.1 Å². The number of amides is 1. The number of piperidine rings is 1. The van der Waals surface area contributed by atoms with Gasteiger partial charge in [0.2, 0.25) is 5.91 Å². The minimum Gasteiger partial charge on any atom is -0.381 e. The van der Waals surface area contributed by atoms with Crippen LogP contribution in [0.5, 0.6) is 0 Å². The SMILES string of the molecule is O=C(Nc1ccc(-c2nc3ccccc3[nH]2)cc1)C1CCCN(C2CCOCC2)C1. The molecule has 3 heterocycles. The topological polar surface area (TPSA) is 70.2 Å². The number of nitrogens with zero attached hydrogens (tertiary/aromatic N) is 2. The molecule has 30 heavy (non-hydrogen) atoms. The Morgan fingerprint density at radius 3 is 2.67 bits per heavy atom. The van der Waals surface area contributed by atoms with Gasteiger partial charge in [-0.2, -0.15) is 0 Å². The molecule has 6 heteroatoms. The highest BCUT2D eigenvalue weighted by molar-refractivity contribution is 5.93. The predicted molar refractivity (Wildman–Crippen MR) is 118 cm³/mol. The summed E-state index contributed by atoms with van der Waals surface area (Å²) in [5.41, 5.74) is 3.82. The number of aromatic nitrogens is 2. The lowest BCUT2D eigenvalue weighted by atomic mass is 9.94. The van der Waals surface area contributed by atoms with Crippen LogP contribution < -0.4 is 5.32 Å². The molecular weight excluding hydrogens is 376 g/mol. The fourth-order valence-corrected chi connectivity index (χ4v) is 4.65. The van der Waals surface area contributed by atoms with Crippen molar-refractivity contribution in [3.8, 4) is 11.4 Å². The zero-order chi connectivity index (χ0) is 20.3. The molecule has 1 amide bonds. The molecule has 2 aliphatic heterocycles. The molecular formula is C24H28N4O2. The first-order valence-corrected chi connectivity index (χ1v) is 10.9. The molecule has 1 aromatic heterocycles. The third kappa shape index (κ3) is 4.11. The molecule has 2 saturated heterocycles. The molecule has 156 valence electrons. The third-order valence-electron chi connectivity index (χ3n) is 6.35. The number of anilines is 1. The quantitative estimate of drug-likeness (QED) is 0.688. The van der Waals surface area contributed by atoms with E-state index in [-0.39, 0.29) is 11.8 Å². The van der Waals surface area contributed by atoms with Crippen molar-refractivity contribution in [2.24, 2.45) is 5.92 Å². The number of ether oxygens (including phenoxy) is 1. The molecule has 6 nitrogen and oxygen atoms in total. The van der Waals surface area contributed by atoms with E-state index in [0.29, 0.717) is 6.04 Å². The number of imidazole rings is 1. The maximum absolute atomic E-state index is 12.9. The van der Waals surface area contributed by atoms with Gasteiger partial charge >= 0.3 is 0 Å². The largest absolute Gasteiger partial charge is 0.381 e. The molecule has 3 aromatic rings. The Labute approximate surface area is 176 Å². The summed E-state index contributed by atoms with van der Waals surface area (Å²) < 4.78 is 5.49. The summed E-state index contributed by atoms with van der Waals surface area (Å²) in [4.78, 5) is 23.4. The molecule has 0 spiro atoms. The van der Waals surface area contributed by atoms with Gasteiger partial charge in [0, 0.05) is 37.1 Å². The molecule has 5 rings (SSSR count). The van der Waals surface area contributed by atoms with Crippen LogP contribution in [0.25, 0.3) is 22.4 Å². The predicted octanol–water partition coefficient (Wildman–Crippen LogP) is 4.06. The molecule has 1 atom stereocenters. The maximum Gasteiger partial charge on any atom is 0.228 e. The van der Waals surface area contributed by atoms with Gasteiger partial charge in [-0.25, -0.2) is 4.98 Å². The number of rotatable bonds is 4. The van der Waals surface area contributed by atoms with Crippen molar-refractivity contribution in [3.05, 3.63) is 48.5 Å². The summed E-state index contributed by atoms with van der Waals surface area (Å²) in [6, 6.07) is 16.5. The van der Waals surface area contributed by atoms with E-state index < -0.39 is 0 Å². The molecule has 0 saturated carbocycles. The average Bonchev–Trinajstić information content (AvgIpc) is 3.24. The van der Waals surface area contributed by atoms with Gasteiger partial charge in [-0.3, -0.25) is 9.69 Å². The first-order valence-electron chi connectivity index (χ1n) is 10.9. The Morgan fingerprint density at radius 2 is 1.87 bits per heavy atom. The van der Waals surface area contributed by atoms with Crippen LogP contribution in [0.1, 0.15) is 25.7 Å². The summed E-state index contributed by atoms with van der Waals surface area (Å²) in [5.74, 6) is 1.02. The van der Waals surface area contributed by atoms with Crippen molar-refractivity contribution in [2.75, 3.05) is 31.6 Å². The molecule has 2 fully saturated rings. The number of nitrogens with one attached hydrogen (secondary N) is 2. The Balaban J connectivity index is 1.22. The van der Waals surface area contributed by atoms with E-state index in [1.54, 1.807) is 0 Å². The van der Waals surface area contributed by atoms with Crippen molar-refractivity contribution < 1.29 is 9.53 Å². The Hall–Kier alpha value is -2.70. The summed E-state index contributed by atoms with van der Waals surface area (Å²) >= 11 is 0. The lowest BCUT2D eigenvalue weighted by Crippen LogP contribution is -2.47. The second-order valence-electron chi connectivity index (χ2n) is 8.35. The number of likely N-dealkylation sites (tertiary alicyclic amines) is 1. The first kappa shape index (κ1) is 19.3. The number of carbonyl (C=O) groups excluding carboxylic acids is 1. The fourth-order valence-electron chi connectivity index (χ4n) is 4.65. The minimum absolute atomic E-state index is 0.0524. The fraction of sp³-hybridized carbons (Fsp3) is 0.417. The highest BCUT2D eigenvalue weighted by Gasteiger charge is 2.30. The highest BCUT2D eigenvalue weighted by atomic mass is 16.5. The summed E-state index contributed by atoms with van der Waals surface area (Å²) in [6.07, 6.45) is 4.21. The van der Waals surface area contributed by atoms with Gasteiger partial charge < -0.3 is 15.0 Å². The van der Waals surface area contributed by atoms with Gasteiger partial charge in [-0.05, 0) is 68.6 Å². The standard InChI is InChI=1S/C24H28N4O2/c29-24(18-4-3-13-28(16-18)20-11-14-30-15-12-20)25-19-9-7-17(8-10-19)23-26-21-5-1-2-6-22(21)27-23/h1-2,5-10,18,20H,3-4,11-16H2,(H,25,29)(H,26,27). The summed E-state index contributed by atoms with van der Waals surface area (Å²) in [7, 11) is 0. The van der Waals surface area contributed by atoms with E-state index in [0.717, 1.165) is 80.1 Å². The molecule has 2 aliphatic rings. The van der Waals surface area contributed by atoms with E-state index >= 15 is 0 Å². The Kier molecular flexibility index (Phi) is 5.51. The Bertz CT molecular complexity index is 974. The van der Waals surface area contributed by atoms with Crippen LogP contribution in [0.2, 0.25) is 0 Å². The zero-order valence-electron chi connectivity index (χ0n) is 17.1. The number of benzene rings is 2. The van der Waals surface area contributed by atoms with E-state index in [9.17, 15) is 4.79 Å². The summed E-state index contributed by atoms with van der Waals surface area (Å²) in [6.45, 7) is 3.64. The number of H-pyrrole nitrogens is 1. The summed E-state index contributed by atoms with van der Waals surface area (Å²) in [5, 5.41) is 3.12. The number of aromatic amines is 1. The second-order valence-corrected chi connectivity index (χ2v) is 8.35. The first-order chi connectivity index (χ1) is 14.8. The van der Waals surface area contributed by atoms with Crippen LogP contribution in [-0.2, 0) is 9.53 Å². The van der Waals surface area contributed by atoms with Crippen molar-refractivity contribution in [2.45, 2.75) is 31.7 Å². The van der Waals surface area contributed by atoms with Gasteiger partial charge in [-0.1, -0.05) is 12.1 Å². The van der Waals surface area contributed by atoms with Crippen LogP contribution >= 0.6 is 0 Å². The van der Waals surface area contributed by atoms with E-state index in [4.69, 9.17) is 4.74 Å². The van der Waals surface area contributed by atoms with Crippen molar-refractivity contribution in [1.82, 2.24) is 14.9 Å². The van der Waals surface area contributed by atoms with E-state index in [1.165, 1.54) is 0 Å². The average molecular weight is 405 g/mol. The van der Waals surface area contributed by atoms with Crippen LogP contribution in [0.3, 0.4) is 0 Å². The van der Waals surface area contributed by atoms with Gasteiger partial charge in [-0.15, -0.1) is 0 Å². The van der Waals surface area contributed by atoms with E-state index in [1.807, 2.05) is 48.5 Å². The second kappa shape index (κ2) is 8.58. The van der Waals surface area contributed by atoms with Crippen molar-refractivity contribution in [1.29, 1.82) is 0 Å². The number of hydrogen-bond donors (Lipinski definition) is 2. The van der Waals surface area contributed by atoms with Gasteiger partial charge in [0.25, 0.3) is 0 Å². The molecule has 0 aliphatic carbocycles. The molecule has 2 N–H and O–H groups in total. The monoisotopic (exact) mass is 404 g/mol. The third-order valence-corrected chi connectivity index (χ3v) is 6.35. The lowest BCUT2D eigenvalue weighted by molar-refractivity contribution is -0.122. The normalized spacial score (nSPS) is 21.0. The van der Waals surface area contributed by atoms with Crippen molar-refractivity contribution in [3.63, 3.8) is 0 Å². The minimum atomic E-state index is 0.0524. The van der Waals surface area contributed by atoms with Crippen LogP contribution in [0.15, 0.2) is 48.5 Å². The number of fused-ring (bicyclic) bond motifs is 1. The van der Waals surface area contributed by atoms with Gasteiger partial charge in [0.15, 0.2) is 0 Å².